The minimum absolute atomic E-state index is 0.0578. The van der Waals surface area contributed by atoms with Gasteiger partial charge in [-0.25, -0.2) is 0 Å². The monoisotopic (exact) mass is 318 g/mol. The number of ether oxygens (including phenoxy) is 1. The van der Waals surface area contributed by atoms with Gasteiger partial charge in [0.2, 0.25) is 0 Å². The van der Waals surface area contributed by atoms with Gasteiger partial charge in [-0.05, 0) is 23.1 Å². The van der Waals surface area contributed by atoms with E-state index in [1.165, 1.54) is 18.4 Å². The first-order valence-electron chi connectivity index (χ1n) is 8.47. The van der Waals surface area contributed by atoms with E-state index in [1.54, 1.807) is 0 Å². The lowest BCUT2D eigenvalue weighted by Crippen LogP contribution is -2.48. The summed E-state index contributed by atoms with van der Waals surface area (Å²) >= 11 is 0. The van der Waals surface area contributed by atoms with E-state index >= 15 is 0 Å². The fourth-order valence-electron chi connectivity index (χ4n) is 3.02. The number of carbonyl (C=O) groups is 1. The Hall–Kier alpha value is -1.55. The maximum absolute atomic E-state index is 11.5. The second-order valence-electron chi connectivity index (χ2n) is 7.51. The molecule has 0 N–H and O–H groups in total. The molecule has 1 aromatic rings. The van der Waals surface area contributed by atoms with E-state index in [0.29, 0.717) is 0 Å². The summed E-state index contributed by atoms with van der Waals surface area (Å²) in [6.07, 6.45) is 0. The summed E-state index contributed by atoms with van der Waals surface area (Å²) in [7, 11) is 1.46. The first-order chi connectivity index (χ1) is 10.8. The van der Waals surface area contributed by atoms with Crippen LogP contribution in [0.4, 0.5) is 5.69 Å². The molecule has 1 unspecified atom stereocenters. The number of anilines is 1. The van der Waals surface area contributed by atoms with Crippen molar-refractivity contribution in [3.8, 4) is 0 Å². The first kappa shape index (κ1) is 17.8. The zero-order valence-corrected chi connectivity index (χ0v) is 15.1. The first-order valence-corrected chi connectivity index (χ1v) is 8.47. The SMILES string of the molecule is COC(=O)C(C)CN1CCN(c2ccc(C(C)(C)C)cc2)CC1. The maximum Gasteiger partial charge on any atom is 0.309 e. The Morgan fingerprint density at radius 1 is 1.13 bits per heavy atom. The minimum Gasteiger partial charge on any atom is -0.469 e. The van der Waals surface area contributed by atoms with Crippen LogP contribution in [0.1, 0.15) is 33.3 Å². The quantitative estimate of drug-likeness (QED) is 0.799. The van der Waals surface area contributed by atoms with Crippen molar-refractivity contribution in [2.75, 3.05) is 44.7 Å². The second kappa shape index (κ2) is 7.35. The molecule has 4 heteroatoms. The molecule has 2 rings (SSSR count). The molecule has 1 heterocycles. The van der Waals surface area contributed by atoms with Gasteiger partial charge in [0.15, 0.2) is 0 Å². The molecular formula is C19H30N2O2. The van der Waals surface area contributed by atoms with Crippen LogP contribution in [0.3, 0.4) is 0 Å². The minimum atomic E-state index is -0.120. The third-order valence-corrected chi connectivity index (χ3v) is 4.61. The van der Waals surface area contributed by atoms with Crippen molar-refractivity contribution in [2.45, 2.75) is 33.1 Å². The van der Waals surface area contributed by atoms with E-state index in [1.807, 2.05) is 6.92 Å². The van der Waals surface area contributed by atoms with Crippen LogP contribution in [0.5, 0.6) is 0 Å². The lowest BCUT2D eigenvalue weighted by atomic mass is 9.87. The van der Waals surface area contributed by atoms with Crippen molar-refractivity contribution in [2.24, 2.45) is 5.92 Å². The van der Waals surface area contributed by atoms with E-state index in [-0.39, 0.29) is 17.3 Å². The molecule has 0 amide bonds. The topological polar surface area (TPSA) is 32.8 Å². The molecule has 1 aromatic carbocycles. The van der Waals surface area contributed by atoms with Crippen molar-refractivity contribution in [3.05, 3.63) is 29.8 Å². The van der Waals surface area contributed by atoms with Gasteiger partial charge in [-0.2, -0.15) is 0 Å². The number of benzene rings is 1. The van der Waals surface area contributed by atoms with E-state index in [0.717, 1.165) is 32.7 Å². The molecule has 128 valence electrons. The molecule has 0 bridgehead atoms. The van der Waals surface area contributed by atoms with E-state index in [2.05, 4.69) is 54.8 Å². The predicted molar refractivity (Wildman–Crippen MR) is 95.0 cm³/mol. The van der Waals surface area contributed by atoms with Crippen LogP contribution in [0.2, 0.25) is 0 Å². The van der Waals surface area contributed by atoms with E-state index < -0.39 is 0 Å². The highest BCUT2D eigenvalue weighted by Gasteiger charge is 2.22. The number of hydrogen-bond donors (Lipinski definition) is 0. The largest absolute Gasteiger partial charge is 0.469 e. The van der Waals surface area contributed by atoms with Crippen molar-refractivity contribution >= 4 is 11.7 Å². The lowest BCUT2D eigenvalue weighted by Gasteiger charge is -2.37. The zero-order valence-electron chi connectivity index (χ0n) is 15.1. The van der Waals surface area contributed by atoms with Crippen LogP contribution < -0.4 is 4.90 Å². The highest BCUT2D eigenvalue weighted by Crippen LogP contribution is 2.25. The van der Waals surface area contributed by atoms with Gasteiger partial charge in [0.25, 0.3) is 0 Å². The summed E-state index contributed by atoms with van der Waals surface area (Å²) in [5.41, 5.74) is 2.85. The molecule has 0 aromatic heterocycles. The standard InChI is InChI=1S/C19H30N2O2/c1-15(18(22)23-5)14-20-10-12-21(13-11-20)17-8-6-16(7-9-17)19(2,3)4/h6-9,15H,10-14H2,1-5H3. The van der Waals surface area contributed by atoms with Gasteiger partial charge in [0, 0.05) is 38.4 Å². The molecule has 1 aliphatic rings. The van der Waals surface area contributed by atoms with Crippen molar-refractivity contribution in [1.29, 1.82) is 0 Å². The van der Waals surface area contributed by atoms with Crippen LogP contribution in [0.25, 0.3) is 0 Å². The third kappa shape index (κ3) is 4.71. The Labute approximate surface area is 140 Å². The summed E-state index contributed by atoms with van der Waals surface area (Å²) in [4.78, 5) is 16.3. The second-order valence-corrected chi connectivity index (χ2v) is 7.51. The van der Waals surface area contributed by atoms with Gasteiger partial charge in [0.1, 0.15) is 0 Å². The number of hydrogen-bond acceptors (Lipinski definition) is 4. The highest BCUT2D eigenvalue weighted by atomic mass is 16.5. The Balaban J connectivity index is 1.88. The van der Waals surface area contributed by atoms with Crippen LogP contribution in [0, 0.1) is 5.92 Å². The zero-order chi connectivity index (χ0) is 17.0. The molecule has 1 saturated heterocycles. The molecule has 1 aliphatic heterocycles. The summed E-state index contributed by atoms with van der Waals surface area (Å²) in [5, 5.41) is 0. The molecule has 0 saturated carbocycles. The van der Waals surface area contributed by atoms with Gasteiger partial charge >= 0.3 is 5.97 Å². The molecule has 0 aliphatic carbocycles. The number of piperazine rings is 1. The maximum atomic E-state index is 11.5. The molecule has 23 heavy (non-hydrogen) atoms. The van der Waals surface area contributed by atoms with Gasteiger partial charge in [0.05, 0.1) is 13.0 Å². The predicted octanol–water partition coefficient (Wildman–Crippen LogP) is 2.92. The van der Waals surface area contributed by atoms with Crippen LogP contribution in [-0.2, 0) is 14.9 Å². The number of methoxy groups -OCH3 is 1. The Morgan fingerprint density at radius 3 is 2.17 bits per heavy atom. The lowest BCUT2D eigenvalue weighted by molar-refractivity contribution is -0.145. The molecule has 1 atom stereocenters. The van der Waals surface area contributed by atoms with E-state index in [4.69, 9.17) is 4.74 Å². The Kier molecular flexibility index (Phi) is 5.69. The van der Waals surface area contributed by atoms with Crippen LogP contribution in [0.15, 0.2) is 24.3 Å². The van der Waals surface area contributed by atoms with Gasteiger partial charge in [-0.1, -0.05) is 39.8 Å². The molecule has 0 spiro atoms. The average molecular weight is 318 g/mol. The summed E-state index contributed by atoms with van der Waals surface area (Å²) in [6, 6.07) is 8.93. The molecule has 4 nitrogen and oxygen atoms in total. The van der Waals surface area contributed by atoms with Gasteiger partial charge in [-0.15, -0.1) is 0 Å². The molecule has 0 radical (unpaired) electrons. The van der Waals surface area contributed by atoms with Crippen molar-refractivity contribution in [1.82, 2.24) is 4.90 Å². The van der Waals surface area contributed by atoms with Crippen molar-refractivity contribution < 1.29 is 9.53 Å². The average Bonchev–Trinajstić information content (AvgIpc) is 2.54. The number of carbonyl (C=O) groups excluding carboxylic acids is 1. The Bertz CT molecular complexity index is 511. The van der Waals surface area contributed by atoms with E-state index in [9.17, 15) is 4.79 Å². The highest BCUT2D eigenvalue weighted by molar-refractivity contribution is 5.72. The van der Waals surface area contributed by atoms with Gasteiger partial charge < -0.3 is 9.64 Å². The number of rotatable bonds is 4. The molecular weight excluding hydrogens is 288 g/mol. The third-order valence-electron chi connectivity index (χ3n) is 4.61. The van der Waals surface area contributed by atoms with Crippen LogP contribution >= 0.6 is 0 Å². The molecule has 1 fully saturated rings. The fourth-order valence-corrected chi connectivity index (χ4v) is 3.02. The fraction of sp³-hybridized carbons (Fsp3) is 0.632. The van der Waals surface area contributed by atoms with Crippen molar-refractivity contribution in [3.63, 3.8) is 0 Å². The normalized spacial score (nSPS) is 17.9. The number of esters is 1. The smallest absolute Gasteiger partial charge is 0.309 e. The Morgan fingerprint density at radius 2 is 1.70 bits per heavy atom. The number of nitrogens with zero attached hydrogens (tertiary/aromatic N) is 2. The van der Waals surface area contributed by atoms with Gasteiger partial charge in [-0.3, -0.25) is 9.69 Å². The summed E-state index contributed by atoms with van der Waals surface area (Å²) < 4.78 is 4.81. The van der Waals surface area contributed by atoms with Crippen LogP contribution in [-0.4, -0.2) is 50.7 Å². The summed E-state index contributed by atoms with van der Waals surface area (Å²) in [6.45, 7) is 13.4. The summed E-state index contributed by atoms with van der Waals surface area (Å²) in [5.74, 6) is -0.178.